The van der Waals surface area contributed by atoms with Crippen LogP contribution in [0.5, 0.6) is 0 Å². The van der Waals surface area contributed by atoms with Gasteiger partial charge in [0.15, 0.2) is 0 Å². The first-order valence-electron chi connectivity index (χ1n) is 7.32. The second-order valence-corrected chi connectivity index (χ2v) is 5.94. The molecule has 0 fully saturated rings. The molecular formula is C18H13ClF3NO2. The number of fused-ring (bicyclic) bond motifs is 1. The molecule has 25 heavy (non-hydrogen) atoms. The maximum Gasteiger partial charge on any atom is 0.416 e. The Balaban J connectivity index is 1.99. The molecule has 3 rings (SSSR count). The zero-order valence-electron chi connectivity index (χ0n) is 13.1. The normalized spacial score (nSPS) is 11.7. The molecule has 0 N–H and O–H groups in total. The van der Waals surface area contributed by atoms with Crippen LogP contribution in [0.1, 0.15) is 21.5 Å². The molecule has 0 saturated carbocycles. The number of esters is 1. The SMILES string of the molecule is COC(=O)c1cccc(Cn2ccc3cc(C(F)(F)F)cc(Cl)c32)c1. The van der Waals surface area contributed by atoms with Crippen molar-refractivity contribution in [2.24, 2.45) is 0 Å². The number of methoxy groups -OCH3 is 1. The number of rotatable bonds is 3. The van der Waals surface area contributed by atoms with Crippen LogP contribution in [-0.4, -0.2) is 17.6 Å². The van der Waals surface area contributed by atoms with Gasteiger partial charge in [0, 0.05) is 18.1 Å². The first-order chi connectivity index (χ1) is 11.8. The van der Waals surface area contributed by atoms with Gasteiger partial charge in [-0.2, -0.15) is 13.2 Å². The summed E-state index contributed by atoms with van der Waals surface area (Å²) < 4.78 is 45.1. The highest BCUT2D eigenvalue weighted by Gasteiger charge is 2.31. The number of alkyl halides is 3. The van der Waals surface area contributed by atoms with Crippen molar-refractivity contribution in [2.45, 2.75) is 12.7 Å². The molecule has 0 amide bonds. The first-order valence-corrected chi connectivity index (χ1v) is 7.70. The predicted octanol–water partition coefficient (Wildman–Crippen LogP) is 5.15. The van der Waals surface area contributed by atoms with E-state index < -0.39 is 17.7 Å². The lowest BCUT2D eigenvalue weighted by atomic mass is 10.1. The highest BCUT2D eigenvalue weighted by Crippen LogP contribution is 2.35. The highest BCUT2D eigenvalue weighted by molar-refractivity contribution is 6.35. The van der Waals surface area contributed by atoms with E-state index in [1.807, 2.05) is 6.07 Å². The van der Waals surface area contributed by atoms with Crippen LogP contribution in [0.15, 0.2) is 48.7 Å². The Bertz CT molecular complexity index is 947. The minimum absolute atomic E-state index is 0.0268. The highest BCUT2D eigenvalue weighted by atomic mass is 35.5. The van der Waals surface area contributed by atoms with Gasteiger partial charge in [0.1, 0.15) is 0 Å². The van der Waals surface area contributed by atoms with Crippen LogP contribution in [0.25, 0.3) is 10.9 Å². The zero-order chi connectivity index (χ0) is 18.2. The number of hydrogen-bond donors (Lipinski definition) is 0. The summed E-state index contributed by atoms with van der Waals surface area (Å²) in [7, 11) is 1.30. The molecule has 0 aliphatic carbocycles. The molecule has 0 spiro atoms. The summed E-state index contributed by atoms with van der Waals surface area (Å²) in [6, 6.07) is 10.4. The van der Waals surface area contributed by atoms with Gasteiger partial charge in [-0.15, -0.1) is 0 Å². The first kappa shape index (κ1) is 17.4. The lowest BCUT2D eigenvalue weighted by Gasteiger charge is -2.11. The smallest absolute Gasteiger partial charge is 0.416 e. The van der Waals surface area contributed by atoms with Crippen molar-refractivity contribution in [3.05, 3.63) is 70.4 Å². The van der Waals surface area contributed by atoms with Crippen molar-refractivity contribution in [3.63, 3.8) is 0 Å². The molecule has 0 atom stereocenters. The Labute approximate surface area is 146 Å². The van der Waals surface area contributed by atoms with Gasteiger partial charge < -0.3 is 9.30 Å². The van der Waals surface area contributed by atoms with Gasteiger partial charge in [0.25, 0.3) is 0 Å². The Kier molecular flexibility index (Phi) is 4.47. The molecule has 7 heteroatoms. The van der Waals surface area contributed by atoms with Gasteiger partial charge in [0.2, 0.25) is 0 Å². The molecule has 0 aliphatic heterocycles. The van der Waals surface area contributed by atoms with Crippen LogP contribution in [0.2, 0.25) is 5.02 Å². The molecule has 0 aliphatic rings. The van der Waals surface area contributed by atoms with Crippen LogP contribution in [-0.2, 0) is 17.5 Å². The molecular weight excluding hydrogens is 355 g/mol. The molecule has 0 bridgehead atoms. The van der Waals surface area contributed by atoms with E-state index in [9.17, 15) is 18.0 Å². The van der Waals surface area contributed by atoms with Gasteiger partial charge in [-0.05, 0) is 35.9 Å². The van der Waals surface area contributed by atoms with E-state index >= 15 is 0 Å². The monoisotopic (exact) mass is 367 g/mol. The van der Waals surface area contributed by atoms with E-state index in [4.69, 9.17) is 11.6 Å². The summed E-state index contributed by atoms with van der Waals surface area (Å²) in [5.74, 6) is -0.452. The fraction of sp³-hybridized carbons (Fsp3) is 0.167. The Morgan fingerprint density at radius 1 is 1.20 bits per heavy atom. The standard InChI is InChI=1S/C18H13ClF3NO2/c1-25-17(24)13-4-2-3-11(7-13)10-23-6-5-12-8-14(18(20,21)22)9-15(19)16(12)23/h2-9H,10H2,1H3. The van der Waals surface area contributed by atoms with E-state index in [0.29, 0.717) is 23.0 Å². The van der Waals surface area contributed by atoms with Crippen molar-refractivity contribution in [3.8, 4) is 0 Å². The van der Waals surface area contributed by atoms with Crippen LogP contribution in [0, 0.1) is 0 Å². The Morgan fingerprint density at radius 3 is 2.64 bits per heavy atom. The predicted molar refractivity (Wildman–Crippen MR) is 88.8 cm³/mol. The molecule has 3 nitrogen and oxygen atoms in total. The second-order valence-electron chi connectivity index (χ2n) is 5.53. The number of carbonyl (C=O) groups excluding carboxylic acids is 1. The van der Waals surface area contributed by atoms with E-state index in [-0.39, 0.29) is 5.02 Å². The summed E-state index contributed by atoms with van der Waals surface area (Å²) in [6.45, 7) is 0.361. The number of nitrogens with zero attached hydrogens (tertiary/aromatic N) is 1. The summed E-state index contributed by atoms with van der Waals surface area (Å²) in [4.78, 5) is 11.6. The van der Waals surface area contributed by atoms with Gasteiger partial charge in [-0.25, -0.2) is 4.79 Å². The van der Waals surface area contributed by atoms with Crippen LogP contribution < -0.4 is 0 Å². The largest absolute Gasteiger partial charge is 0.465 e. The number of carbonyl (C=O) groups is 1. The molecule has 1 heterocycles. The van der Waals surface area contributed by atoms with Crippen molar-refractivity contribution in [1.82, 2.24) is 4.57 Å². The summed E-state index contributed by atoms with van der Waals surface area (Å²) >= 11 is 6.09. The molecule has 2 aromatic carbocycles. The molecule has 0 unspecified atom stereocenters. The third-order valence-electron chi connectivity index (χ3n) is 3.84. The lowest BCUT2D eigenvalue weighted by molar-refractivity contribution is -0.137. The Hall–Kier alpha value is -2.47. The van der Waals surface area contributed by atoms with Crippen molar-refractivity contribution in [1.29, 1.82) is 0 Å². The topological polar surface area (TPSA) is 31.2 Å². The van der Waals surface area contributed by atoms with Crippen LogP contribution >= 0.6 is 11.6 Å². The summed E-state index contributed by atoms with van der Waals surface area (Å²) in [5, 5.41) is 0.433. The third kappa shape index (κ3) is 3.49. The van der Waals surface area contributed by atoms with Crippen LogP contribution in [0.3, 0.4) is 0 Å². The molecule has 130 valence electrons. The van der Waals surface area contributed by atoms with E-state index in [2.05, 4.69) is 4.74 Å². The van der Waals surface area contributed by atoms with Crippen LogP contribution in [0.4, 0.5) is 13.2 Å². The molecule has 1 aromatic heterocycles. The fourth-order valence-electron chi connectivity index (χ4n) is 2.70. The molecule has 0 saturated heterocycles. The number of halogens is 4. The Morgan fingerprint density at radius 2 is 1.96 bits per heavy atom. The maximum absolute atomic E-state index is 12.9. The average molecular weight is 368 g/mol. The van der Waals surface area contributed by atoms with Gasteiger partial charge in [-0.3, -0.25) is 0 Å². The lowest BCUT2D eigenvalue weighted by Crippen LogP contribution is -2.06. The minimum Gasteiger partial charge on any atom is -0.465 e. The van der Waals surface area contributed by atoms with Gasteiger partial charge >= 0.3 is 12.1 Å². The number of benzene rings is 2. The van der Waals surface area contributed by atoms with E-state index in [1.54, 1.807) is 35.0 Å². The van der Waals surface area contributed by atoms with Gasteiger partial charge in [0.05, 0.1) is 28.8 Å². The van der Waals surface area contributed by atoms with Crippen molar-refractivity contribution in [2.75, 3.05) is 7.11 Å². The number of hydrogen-bond acceptors (Lipinski definition) is 2. The number of aromatic nitrogens is 1. The quantitative estimate of drug-likeness (QED) is 0.599. The van der Waals surface area contributed by atoms with E-state index in [1.165, 1.54) is 7.11 Å². The molecule has 0 radical (unpaired) electrons. The maximum atomic E-state index is 12.9. The van der Waals surface area contributed by atoms with Gasteiger partial charge in [-0.1, -0.05) is 23.7 Å². The summed E-state index contributed by atoms with van der Waals surface area (Å²) in [5.41, 5.74) is 0.937. The fourth-order valence-corrected chi connectivity index (χ4v) is 3.04. The second kappa shape index (κ2) is 6.44. The number of ether oxygens (including phenoxy) is 1. The van der Waals surface area contributed by atoms with Crippen molar-refractivity contribution >= 4 is 28.5 Å². The zero-order valence-corrected chi connectivity index (χ0v) is 13.9. The third-order valence-corrected chi connectivity index (χ3v) is 4.13. The summed E-state index contributed by atoms with van der Waals surface area (Å²) in [6.07, 6.45) is -2.78. The van der Waals surface area contributed by atoms with E-state index in [0.717, 1.165) is 17.7 Å². The van der Waals surface area contributed by atoms with Crippen molar-refractivity contribution < 1.29 is 22.7 Å². The average Bonchev–Trinajstić information content (AvgIpc) is 2.97. The minimum atomic E-state index is -4.45. The molecule has 3 aromatic rings.